The normalized spacial score (nSPS) is 12.2. The summed E-state index contributed by atoms with van der Waals surface area (Å²) in [5, 5.41) is 9.28. The minimum absolute atomic E-state index is 0.196. The molecule has 4 nitrogen and oxygen atoms in total. The molecule has 21 heavy (non-hydrogen) atoms. The number of phenols is 1. The van der Waals surface area contributed by atoms with E-state index < -0.39 is 6.04 Å². The molecule has 0 saturated heterocycles. The van der Waals surface area contributed by atoms with Gasteiger partial charge in [-0.1, -0.05) is 42.5 Å². The smallest absolute Gasteiger partial charge is 0.330 e. The molecule has 2 aromatic carbocycles. The van der Waals surface area contributed by atoms with E-state index in [0.717, 1.165) is 11.1 Å². The van der Waals surface area contributed by atoms with E-state index >= 15 is 0 Å². The number of esters is 1. The average molecular weight is 283 g/mol. The molecule has 0 aromatic heterocycles. The van der Waals surface area contributed by atoms with Crippen LogP contribution >= 0.6 is 0 Å². The van der Waals surface area contributed by atoms with Gasteiger partial charge < -0.3 is 9.84 Å². The van der Waals surface area contributed by atoms with Crippen molar-refractivity contribution in [2.45, 2.75) is 12.5 Å². The predicted molar refractivity (Wildman–Crippen MR) is 81.7 cm³/mol. The topological polar surface area (TPSA) is 58.9 Å². The van der Waals surface area contributed by atoms with Crippen molar-refractivity contribution < 1.29 is 14.6 Å². The van der Waals surface area contributed by atoms with Gasteiger partial charge in [-0.3, -0.25) is 4.99 Å². The van der Waals surface area contributed by atoms with E-state index in [1.54, 1.807) is 30.5 Å². The second-order valence-electron chi connectivity index (χ2n) is 4.60. The van der Waals surface area contributed by atoms with E-state index in [4.69, 9.17) is 4.74 Å². The van der Waals surface area contributed by atoms with Crippen molar-refractivity contribution in [2.24, 2.45) is 4.99 Å². The summed E-state index contributed by atoms with van der Waals surface area (Å²) in [6.07, 6.45) is 2.10. The number of carbonyl (C=O) groups is 1. The van der Waals surface area contributed by atoms with Gasteiger partial charge in [0, 0.05) is 12.6 Å². The summed E-state index contributed by atoms with van der Waals surface area (Å²) in [7, 11) is 1.35. The molecule has 0 amide bonds. The second-order valence-corrected chi connectivity index (χ2v) is 4.60. The molecule has 1 atom stereocenters. The largest absolute Gasteiger partial charge is 0.508 e. The Hall–Kier alpha value is -2.62. The van der Waals surface area contributed by atoms with Crippen LogP contribution in [0.2, 0.25) is 0 Å². The summed E-state index contributed by atoms with van der Waals surface area (Å²) in [4.78, 5) is 16.1. The Balaban J connectivity index is 2.13. The van der Waals surface area contributed by atoms with Crippen LogP contribution in [0.3, 0.4) is 0 Å². The van der Waals surface area contributed by atoms with E-state index in [1.807, 2.05) is 30.3 Å². The Labute approximate surface area is 123 Å². The number of hydrogen-bond donors (Lipinski definition) is 1. The maximum absolute atomic E-state index is 11.8. The van der Waals surface area contributed by atoms with E-state index in [2.05, 4.69) is 4.99 Å². The Morgan fingerprint density at radius 2 is 1.86 bits per heavy atom. The number of phenolic OH excluding ortho intramolecular Hbond substituents is 1. The van der Waals surface area contributed by atoms with Crippen molar-refractivity contribution in [3.8, 4) is 5.75 Å². The molecule has 0 heterocycles. The third-order valence-corrected chi connectivity index (χ3v) is 3.04. The Kier molecular flexibility index (Phi) is 5.10. The van der Waals surface area contributed by atoms with Crippen LogP contribution in [0, 0.1) is 0 Å². The number of ether oxygens (including phenoxy) is 1. The van der Waals surface area contributed by atoms with Gasteiger partial charge >= 0.3 is 5.97 Å². The average Bonchev–Trinajstić information content (AvgIpc) is 2.53. The van der Waals surface area contributed by atoms with Crippen LogP contribution in [0.1, 0.15) is 11.1 Å². The molecule has 108 valence electrons. The highest BCUT2D eigenvalue weighted by Crippen LogP contribution is 2.13. The zero-order valence-corrected chi connectivity index (χ0v) is 11.8. The molecule has 0 spiro atoms. The minimum Gasteiger partial charge on any atom is -0.508 e. The molecule has 0 aliphatic heterocycles. The summed E-state index contributed by atoms with van der Waals surface area (Å²) >= 11 is 0. The molecule has 1 unspecified atom stereocenters. The lowest BCUT2D eigenvalue weighted by atomic mass is 10.1. The number of nitrogens with zero attached hydrogens (tertiary/aromatic N) is 1. The predicted octanol–water partition coefficient (Wildman–Crippen LogP) is 2.60. The number of hydrogen-bond acceptors (Lipinski definition) is 4. The first kappa shape index (κ1) is 14.8. The third kappa shape index (κ3) is 4.45. The number of benzene rings is 2. The van der Waals surface area contributed by atoms with E-state index in [9.17, 15) is 9.90 Å². The van der Waals surface area contributed by atoms with Gasteiger partial charge in [-0.15, -0.1) is 0 Å². The van der Waals surface area contributed by atoms with Crippen molar-refractivity contribution in [3.63, 3.8) is 0 Å². The molecule has 4 heteroatoms. The fourth-order valence-electron chi connectivity index (χ4n) is 1.90. The van der Waals surface area contributed by atoms with Crippen molar-refractivity contribution in [1.29, 1.82) is 0 Å². The first-order chi connectivity index (χ1) is 10.2. The van der Waals surface area contributed by atoms with E-state index in [1.165, 1.54) is 7.11 Å². The zero-order valence-electron chi connectivity index (χ0n) is 11.8. The van der Waals surface area contributed by atoms with Crippen LogP contribution in [0.15, 0.2) is 59.6 Å². The van der Waals surface area contributed by atoms with Gasteiger partial charge in [-0.05, 0) is 23.3 Å². The van der Waals surface area contributed by atoms with Gasteiger partial charge in [0.25, 0.3) is 0 Å². The Morgan fingerprint density at radius 1 is 1.19 bits per heavy atom. The highest BCUT2D eigenvalue weighted by Gasteiger charge is 2.17. The lowest BCUT2D eigenvalue weighted by molar-refractivity contribution is -0.142. The molecular formula is C17H17NO3. The molecule has 0 fully saturated rings. The van der Waals surface area contributed by atoms with E-state index in [0.29, 0.717) is 6.42 Å². The third-order valence-electron chi connectivity index (χ3n) is 3.04. The van der Waals surface area contributed by atoms with Crippen LogP contribution in [0.25, 0.3) is 0 Å². The molecule has 0 saturated carbocycles. The lowest BCUT2D eigenvalue weighted by Crippen LogP contribution is -2.23. The number of aromatic hydroxyl groups is 1. The van der Waals surface area contributed by atoms with Crippen molar-refractivity contribution in [3.05, 3.63) is 65.7 Å². The van der Waals surface area contributed by atoms with Gasteiger partial charge in [0.1, 0.15) is 5.75 Å². The van der Waals surface area contributed by atoms with Crippen LogP contribution in [0.5, 0.6) is 5.75 Å². The molecule has 0 radical (unpaired) electrons. The lowest BCUT2D eigenvalue weighted by Gasteiger charge is -2.10. The maximum atomic E-state index is 11.8. The SMILES string of the molecule is COC(=O)C(Cc1ccc(O)cc1)N=Cc1ccccc1. The quantitative estimate of drug-likeness (QED) is 0.678. The summed E-state index contributed by atoms with van der Waals surface area (Å²) in [5.41, 5.74) is 1.84. The number of methoxy groups -OCH3 is 1. The molecule has 0 aliphatic carbocycles. The first-order valence-corrected chi connectivity index (χ1v) is 6.63. The highest BCUT2D eigenvalue weighted by molar-refractivity contribution is 5.84. The first-order valence-electron chi connectivity index (χ1n) is 6.63. The summed E-state index contributed by atoms with van der Waals surface area (Å²) in [6.45, 7) is 0. The van der Waals surface area contributed by atoms with Gasteiger partial charge in [-0.2, -0.15) is 0 Å². The molecule has 2 aromatic rings. The van der Waals surface area contributed by atoms with Gasteiger partial charge in [0.2, 0.25) is 0 Å². The molecular weight excluding hydrogens is 266 g/mol. The van der Waals surface area contributed by atoms with Crippen molar-refractivity contribution in [1.82, 2.24) is 0 Å². The van der Waals surface area contributed by atoms with Crippen LogP contribution in [0.4, 0.5) is 0 Å². The number of rotatable bonds is 5. The van der Waals surface area contributed by atoms with Gasteiger partial charge in [-0.25, -0.2) is 4.79 Å². The van der Waals surface area contributed by atoms with Gasteiger partial charge in [0.15, 0.2) is 6.04 Å². The number of aliphatic imine (C=N–C) groups is 1. The minimum atomic E-state index is -0.597. The van der Waals surface area contributed by atoms with Crippen LogP contribution < -0.4 is 0 Å². The summed E-state index contributed by atoms with van der Waals surface area (Å²) in [5.74, 6) is -0.184. The highest BCUT2D eigenvalue weighted by atomic mass is 16.5. The molecule has 0 aliphatic rings. The molecule has 2 rings (SSSR count). The zero-order chi connectivity index (χ0) is 15.1. The summed E-state index contributed by atoms with van der Waals surface area (Å²) in [6, 6.07) is 15.7. The maximum Gasteiger partial charge on any atom is 0.330 e. The Bertz CT molecular complexity index is 606. The van der Waals surface area contributed by atoms with Crippen molar-refractivity contribution in [2.75, 3.05) is 7.11 Å². The van der Waals surface area contributed by atoms with Crippen LogP contribution in [-0.4, -0.2) is 30.4 Å². The van der Waals surface area contributed by atoms with E-state index in [-0.39, 0.29) is 11.7 Å². The fraction of sp³-hybridized carbons (Fsp3) is 0.176. The fourth-order valence-corrected chi connectivity index (χ4v) is 1.90. The van der Waals surface area contributed by atoms with Crippen LogP contribution in [-0.2, 0) is 16.0 Å². The molecule has 1 N–H and O–H groups in total. The number of carbonyl (C=O) groups excluding carboxylic acids is 1. The second kappa shape index (κ2) is 7.24. The monoisotopic (exact) mass is 283 g/mol. The summed E-state index contributed by atoms with van der Waals surface area (Å²) < 4.78 is 4.79. The standard InChI is InChI=1S/C17H17NO3/c1-21-17(20)16(11-13-7-9-15(19)10-8-13)18-12-14-5-3-2-4-6-14/h2-10,12,16,19H,11H2,1H3. The van der Waals surface area contributed by atoms with Crippen molar-refractivity contribution >= 4 is 12.2 Å². The van der Waals surface area contributed by atoms with Gasteiger partial charge in [0.05, 0.1) is 7.11 Å². The Morgan fingerprint density at radius 3 is 2.48 bits per heavy atom. The molecule has 0 bridgehead atoms.